The van der Waals surface area contributed by atoms with E-state index in [2.05, 4.69) is 79.7 Å². The van der Waals surface area contributed by atoms with Gasteiger partial charge in [-0.3, -0.25) is 0 Å². The summed E-state index contributed by atoms with van der Waals surface area (Å²) in [6, 6.07) is 23.7. The van der Waals surface area contributed by atoms with Crippen molar-refractivity contribution in [2.45, 2.75) is 0 Å². The minimum absolute atomic E-state index is 0.810. The number of hydrogen-bond acceptors (Lipinski definition) is 1. The molecular formula is C36H17N3. The number of rotatable bonds is 5. The van der Waals surface area contributed by atoms with Crippen LogP contribution in [0.4, 0.5) is 17.1 Å². The summed E-state index contributed by atoms with van der Waals surface area (Å²) in [5.41, 5.74) is 5.54. The quantitative estimate of drug-likeness (QED) is 0.278. The maximum absolute atomic E-state index is 6.94. The average Bonchev–Trinajstić information content (AvgIpc) is 2.98. The van der Waals surface area contributed by atoms with Crippen LogP contribution in [0.3, 0.4) is 0 Å². The predicted molar refractivity (Wildman–Crippen MR) is 159 cm³/mol. The van der Waals surface area contributed by atoms with Crippen LogP contribution in [0.1, 0.15) is 16.7 Å². The van der Waals surface area contributed by atoms with Gasteiger partial charge in [-0.05, 0) is 119 Å². The van der Waals surface area contributed by atoms with E-state index >= 15 is 0 Å². The Hall–Kier alpha value is -6.72. The van der Waals surface area contributed by atoms with Gasteiger partial charge in [-0.2, -0.15) is 0 Å². The lowest BCUT2D eigenvalue weighted by Crippen LogP contribution is -2.09. The van der Waals surface area contributed by atoms with Crippen LogP contribution in [0.15, 0.2) is 85.2 Å². The first-order valence-corrected chi connectivity index (χ1v) is 11.4. The second-order valence-corrected chi connectivity index (χ2v) is 7.35. The van der Waals surface area contributed by atoms with Crippen molar-refractivity contribution >= 4 is 29.2 Å². The lowest BCUT2D eigenvalue weighted by atomic mass is 10.1. The molecule has 0 fully saturated rings. The van der Waals surface area contributed by atoms with Gasteiger partial charge in [0.25, 0.3) is 0 Å². The van der Waals surface area contributed by atoms with Crippen molar-refractivity contribution in [1.29, 1.82) is 0 Å². The molecule has 0 atom stereocenters. The molecule has 0 bridgehead atoms. The molecule has 3 aromatic rings. The third-order valence-electron chi connectivity index (χ3n) is 4.89. The SMILES string of the molecule is [C-]#[N+]/C=C\c1ccc(N(c2ccc(C#CC#CC#CC#CC#CC#C)cc2)c2ccc(/C=C/[N+]#[C-])cc2)cc1. The van der Waals surface area contributed by atoms with E-state index in [4.69, 9.17) is 19.6 Å². The third kappa shape index (κ3) is 8.78. The fourth-order valence-corrected chi connectivity index (χ4v) is 3.21. The normalized spacial score (nSPS) is 8.74. The number of anilines is 3. The minimum Gasteiger partial charge on any atom is -0.311 e. The van der Waals surface area contributed by atoms with Gasteiger partial charge >= 0.3 is 0 Å². The zero-order valence-corrected chi connectivity index (χ0v) is 20.7. The molecule has 0 amide bonds. The summed E-state index contributed by atoms with van der Waals surface area (Å²) in [7, 11) is 0. The van der Waals surface area contributed by atoms with Gasteiger partial charge in [0.15, 0.2) is 12.4 Å². The number of nitrogens with zero attached hydrogens (tertiary/aromatic N) is 3. The van der Waals surface area contributed by atoms with Gasteiger partial charge in [0.2, 0.25) is 0 Å². The maximum Gasteiger partial charge on any atom is 0.154 e. The summed E-state index contributed by atoms with van der Waals surface area (Å²) < 4.78 is 0. The van der Waals surface area contributed by atoms with Crippen LogP contribution in [-0.4, -0.2) is 0 Å². The van der Waals surface area contributed by atoms with Gasteiger partial charge < -0.3 is 4.90 Å². The Labute approximate surface area is 230 Å². The Morgan fingerprint density at radius 2 is 0.923 bits per heavy atom. The highest BCUT2D eigenvalue weighted by molar-refractivity contribution is 5.78. The topological polar surface area (TPSA) is 12.0 Å². The molecule has 0 heterocycles. The van der Waals surface area contributed by atoms with Crippen molar-refractivity contribution in [2.24, 2.45) is 0 Å². The molecule has 3 nitrogen and oxygen atoms in total. The summed E-state index contributed by atoms with van der Waals surface area (Å²) >= 11 is 0. The smallest absolute Gasteiger partial charge is 0.154 e. The molecule has 0 saturated carbocycles. The molecule has 3 aromatic carbocycles. The third-order valence-corrected chi connectivity index (χ3v) is 4.89. The fraction of sp³-hybridized carbons (Fsp3) is 0. The van der Waals surface area contributed by atoms with Crippen LogP contribution >= 0.6 is 0 Å². The number of hydrogen-bond donors (Lipinski definition) is 0. The van der Waals surface area contributed by atoms with E-state index in [9.17, 15) is 0 Å². The van der Waals surface area contributed by atoms with Crippen molar-refractivity contribution in [3.8, 4) is 71.5 Å². The summed E-state index contributed by atoms with van der Waals surface area (Å²) in [5, 5.41) is 0. The summed E-state index contributed by atoms with van der Waals surface area (Å²) in [4.78, 5) is 8.65. The predicted octanol–water partition coefficient (Wildman–Crippen LogP) is 6.93. The summed E-state index contributed by atoms with van der Waals surface area (Å²) in [6.07, 6.45) is 11.4. The second-order valence-electron chi connectivity index (χ2n) is 7.35. The largest absolute Gasteiger partial charge is 0.311 e. The molecule has 0 N–H and O–H groups in total. The highest BCUT2D eigenvalue weighted by atomic mass is 15.1. The Morgan fingerprint density at radius 1 is 0.538 bits per heavy atom. The first-order valence-electron chi connectivity index (χ1n) is 11.4. The number of benzene rings is 3. The highest BCUT2D eigenvalue weighted by Crippen LogP contribution is 2.35. The minimum atomic E-state index is 0.810. The van der Waals surface area contributed by atoms with E-state index < -0.39 is 0 Å². The maximum atomic E-state index is 6.94. The molecule has 0 aliphatic carbocycles. The monoisotopic (exact) mass is 491 g/mol. The first kappa shape index (κ1) is 26.9. The van der Waals surface area contributed by atoms with Crippen LogP contribution in [0, 0.1) is 84.7 Å². The van der Waals surface area contributed by atoms with E-state index in [-0.39, 0.29) is 0 Å². The van der Waals surface area contributed by atoms with E-state index in [1.54, 1.807) is 12.2 Å². The van der Waals surface area contributed by atoms with Crippen molar-refractivity contribution in [3.05, 3.63) is 125 Å². The summed E-state index contributed by atoms with van der Waals surface area (Å²) in [5.74, 6) is 28.3. The van der Waals surface area contributed by atoms with Gasteiger partial charge in [-0.1, -0.05) is 42.3 Å². The van der Waals surface area contributed by atoms with Crippen molar-refractivity contribution in [1.82, 2.24) is 0 Å². The molecule has 0 saturated heterocycles. The average molecular weight is 492 g/mol. The lowest BCUT2D eigenvalue weighted by Gasteiger charge is -2.25. The molecule has 176 valence electrons. The molecular weight excluding hydrogens is 474 g/mol. The van der Waals surface area contributed by atoms with E-state index in [1.165, 1.54) is 12.4 Å². The fourth-order valence-electron chi connectivity index (χ4n) is 3.21. The molecule has 0 spiro atoms. The van der Waals surface area contributed by atoms with Crippen LogP contribution < -0.4 is 4.90 Å². The Morgan fingerprint density at radius 3 is 1.33 bits per heavy atom. The Balaban J connectivity index is 1.87. The zero-order chi connectivity index (χ0) is 27.5. The van der Waals surface area contributed by atoms with Gasteiger partial charge in [0, 0.05) is 22.6 Å². The molecule has 0 aliphatic heterocycles. The lowest BCUT2D eigenvalue weighted by molar-refractivity contribution is 1.28. The molecule has 0 unspecified atom stereocenters. The molecule has 3 heteroatoms. The highest BCUT2D eigenvalue weighted by Gasteiger charge is 2.12. The molecule has 0 aliphatic rings. The van der Waals surface area contributed by atoms with Gasteiger partial charge in [0.1, 0.15) is 0 Å². The van der Waals surface area contributed by atoms with Gasteiger partial charge in [0.05, 0.1) is 13.1 Å². The standard InChI is InChI=1S/C36H17N3/c1-4-5-6-7-8-9-10-11-12-13-14-31-15-21-34(22-16-31)39(35-23-17-32(18-24-35)27-29-37-2)36-25-19-33(20-26-36)28-30-38-3/h1,15-30H/b29-27-,30-28+. The second kappa shape index (κ2) is 15.3. The van der Waals surface area contributed by atoms with Crippen LogP contribution in [-0.2, 0) is 0 Å². The zero-order valence-electron chi connectivity index (χ0n) is 20.7. The molecule has 3 rings (SSSR count). The Kier molecular flexibility index (Phi) is 10.6. The van der Waals surface area contributed by atoms with Crippen molar-refractivity contribution in [3.63, 3.8) is 0 Å². The first-order chi connectivity index (χ1) is 19.2. The van der Waals surface area contributed by atoms with Gasteiger partial charge in [-0.15, -0.1) is 6.42 Å². The van der Waals surface area contributed by atoms with E-state index in [1.807, 2.05) is 72.8 Å². The molecule has 0 radical (unpaired) electrons. The van der Waals surface area contributed by atoms with Crippen LogP contribution in [0.25, 0.3) is 21.8 Å². The van der Waals surface area contributed by atoms with Crippen LogP contribution in [0.5, 0.6) is 0 Å². The van der Waals surface area contributed by atoms with E-state index in [0.717, 1.165) is 33.8 Å². The molecule has 39 heavy (non-hydrogen) atoms. The molecule has 0 aromatic heterocycles. The van der Waals surface area contributed by atoms with Gasteiger partial charge in [-0.25, -0.2) is 9.69 Å². The van der Waals surface area contributed by atoms with E-state index in [0.29, 0.717) is 0 Å². The van der Waals surface area contributed by atoms with Crippen molar-refractivity contribution < 1.29 is 0 Å². The van der Waals surface area contributed by atoms with Crippen LogP contribution in [0.2, 0.25) is 0 Å². The number of terminal acetylenes is 1. The Bertz CT molecular complexity index is 1760. The van der Waals surface area contributed by atoms with Crippen molar-refractivity contribution in [2.75, 3.05) is 4.90 Å². The summed E-state index contributed by atoms with van der Waals surface area (Å²) in [6.45, 7) is 13.9.